The van der Waals surface area contributed by atoms with Crippen molar-refractivity contribution in [2.75, 3.05) is 0 Å². The van der Waals surface area contributed by atoms with Crippen molar-refractivity contribution in [3.8, 4) is 23.0 Å². The van der Waals surface area contributed by atoms with E-state index >= 15 is 0 Å². The highest BCUT2D eigenvalue weighted by atomic mass is 32.2. The molecule has 36 heavy (non-hydrogen) atoms. The van der Waals surface area contributed by atoms with E-state index in [2.05, 4.69) is 19.9 Å². The summed E-state index contributed by atoms with van der Waals surface area (Å²) in [5.41, 5.74) is 4.46. The fourth-order valence-corrected chi connectivity index (χ4v) is 5.63. The molecule has 0 saturated heterocycles. The van der Waals surface area contributed by atoms with Crippen molar-refractivity contribution >= 4 is 23.6 Å². The van der Waals surface area contributed by atoms with E-state index in [0.717, 1.165) is 21.6 Å². The van der Waals surface area contributed by atoms with Crippen molar-refractivity contribution in [1.82, 2.24) is 0 Å². The van der Waals surface area contributed by atoms with E-state index in [1.54, 1.807) is 17.8 Å². The first-order chi connectivity index (χ1) is 16.9. The molecule has 4 rings (SSSR count). The van der Waals surface area contributed by atoms with Crippen molar-refractivity contribution < 1.29 is 24.9 Å². The highest BCUT2D eigenvalue weighted by molar-refractivity contribution is 8.01. The lowest BCUT2D eigenvalue weighted by Crippen LogP contribution is -2.23. The van der Waals surface area contributed by atoms with Crippen LogP contribution in [-0.2, 0) is 12.8 Å². The van der Waals surface area contributed by atoms with Crippen LogP contribution in [0.3, 0.4) is 0 Å². The summed E-state index contributed by atoms with van der Waals surface area (Å²) in [5, 5.41) is 33.1. The van der Waals surface area contributed by atoms with Crippen LogP contribution < -0.4 is 4.74 Å². The van der Waals surface area contributed by atoms with Crippen LogP contribution in [0.5, 0.6) is 23.0 Å². The molecule has 0 aliphatic carbocycles. The number of allylic oxidation sites excluding steroid dienone is 4. The van der Waals surface area contributed by atoms with Crippen LogP contribution in [0.4, 0.5) is 0 Å². The minimum atomic E-state index is -0.739. The zero-order valence-corrected chi connectivity index (χ0v) is 22.5. The van der Waals surface area contributed by atoms with Gasteiger partial charge in [-0.25, -0.2) is 0 Å². The predicted molar refractivity (Wildman–Crippen MR) is 145 cm³/mol. The van der Waals surface area contributed by atoms with E-state index in [1.165, 1.54) is 0 Å². The summed E-state index contributed by atoms with van der Waals surface area (Å²) in [6.07, 6.45) is 7.89. The molecule has 5 nitrogen and oxygen atoms in total. The Morgan fingerprint density at radius 2 is 1.67 bits per heavy atom. The number of carbonyl (C=O) groups is 1. The maximum Gasteiger partial charge on any atom is 0.174 e. The normalized spacial score (nSPS) is 17.6. The molecule has 1 atom stereocenters. The van der Waals surface area contributed by atoms with E-state index in [9.17, 15) is 20.1 Å². The Morgan fingerprint density at radius 1 is 1.03 bits per heavy atom. The number of aromatic hydroxyl groups is 3. The third-order valence-electron chi connectivity index (χ3n) is 6.48. The van der Waals surface area contributed by atoms with Gasteiger partial charge in [-0.1, -0.05) is 35.5 Å². The number of hydrogen-bond acceptors (Lipinski definition) is 6. The van der Waals surface area contributed by atoms with Gasteiger partial charge < -0.3 is 20.1 Å². The molecule has 2 aromatic carbocycles. The molecule has 2 aromatic rings. The van der Waals surface area contributed by atoms with E-state index in [1.807, 2.05) is 52.0 Å². The number of hydrogen-bond donors (Lipinski definition) is 3. The fraction of sp³-hybridized carbons (Fsp3) is 0.367. The number of fused-ring (bicyclic) bond motifs is 2. The number of ketones is 1. The maximum absolute atomic E-state index is 13.4. The third kappa shape index (κ3) is 5.05. The summed E-state index contributed by atoms with van der Waals surface area (Å²) < 4.78 is 6.26. The number of rotatable bonds is 5. The second-order valence-corrected chi connectivity index (χ2v) is 12.2. The molecule has 190 valence electrons. The molecule has 0 saturated carbocycles. The molecule has 2 heterocycles. The van der Waals surface area contributed by atoms with Gasteiger partial charge in [0.15, 0.2) is 5.78 Å². The monoisotopic (exact) mass is 506 g/mol. The molecule has 6 heteroatoms. The van der Waals surface area contributed by atoms with Gasteiger partial charge in [-0.2, -0.15) is 0 Å². The molecular weight excluding hydrogens is 472 g/mol. The Labute approximate surface area is 217 Å². The summed E-state index contributed by atoms with van der Waals surface area (Å²) in [6.45, 7) is 12.0. The number of thioether (sulfide) groups is 1. The number of phenols is 3. The summed E-state index contributed by atoms with van der Waals surface area (Å²) >= 11 is 1.66. The lowest BCUT2D eigenvalue weighted by Gasteiger charge is -2.31. The average Bonchev–Trinajstić information content (AvgIpc) is 2.76. The van der Waals surface area contributed by atoms with Crippen LogP contribution >= 0.6 is 11.8 Å². The predicted octanol–water partition coefficient (Wildman–Crippen LogP) is 7.42. The zero-order valence-electron chi connectivity index (χ0n) is 21.7. The standard InChI is InChI=1S/C30H34O5S/c1-16(2)7-9-19-27(33)20(10-8-17(3)4)29-26(28(19)34)23(32)14-24(35-29)21-13-18-11-12-30(5,6)36-25(18)15-22(21)31/h7-8,11-13,15,24,31,33-34H,9-10,14H2,1-6H3. The first kappa shape index (κ1) is 26.0. The Hall–Kier alpha value is -3.12. The number of carbonyl (C=O) groups excluding carboxylic acids is 1. The highest BCUT2D eigenvalue weighted by Gasteiger charge is 2.37. The van der Waals surface area contributed by atoms with Crippen LogP contribution in [0.15, 0.2) is 46.4 Å². The summed E-state index contributed by atoms with van der Waals surface area (Å²) in [4.78, 5) is 14.4. The largest absolute Gasteiger partial charge is 0.507 e. The Kier molecular flexibility index (Phi) is 7.02. The molecule has 3 N–H and O–H groups in total. The van der Waals surface area contributed by atoms with E-state index in [4.69, 9.17) is 4.74 Å². The molecule has 1 unspecified atom stereocenters. The molecule has 0 spiro atoms. The van der Waals surface area contributed by atoms with Crippen LogP contribution in [-0.4, -0.2) is 25.8 Å². The summed E-state index contributed by atoms with van der Waals surface area (Å²) in [5.74, 6) is -0.327. The topological polar surface area (TPSA) is 87.0 Å². The second kappa shape index (κ2) is 9.74. The zero-order chi connectivity index (χ0) is 26.4. The Morgan fingerprint density at radius 3 is 2.31 bits per heavy atom. The van der Waals surface area contributed by atoms with E-state index in [-0.39, 0.29) is 45.5 Å². The minimum absolute atomic E-state index is 0.0236. The van der Waals surface area contributed by atoms with Gasteiger partial charge in [-0.05, 0) is 72.1 Å². The Balaban J connectivity index is 1.82. The van der Waals surface area contributed by atoms with Gasteiger partial charge in [0.2, 0.25) is 0 Å². The van der Waals surface area contributed by atoms with E-state index in [0.29, 0.717) is 29.5 Å². The quantitative estimate of drug-likeness (QED) is 0.366. The van der Waals surface area contributed by atoms with Gasteiger partial charge in [0, 0.05) is 26.3 Å². The smallest absolute Gasteiger partial charge is 0.174 e. The molecule has 0 fully saturated rings. The van der Waals surface area contributed by atoms with Crippen LogP contribution in [0.1, 0.15) is 86.7 Å². The van der Waals surface area contributed by atoms with Gasteiger partial charge in [0.05, 0.1) is 6.42 Å². The van der Waals surface area contributed by atoms with Crippen molar-refractivity contribution in [3.05, 3.63) is 69.3 Å². The SMILES string of the molecule is CC(C)=CCc1c(O)c(CC=C(C)C)c2c(c1O)C(=O)CC(c1cc3c(cc1O)SC(C)(C)C=C3)O2. The first-order valence-electron chi connectivity index (χ1n) is 12.2. The highest BCUT2D eigenvalue weighted by Crippen LogP contribution is 2.50. The van der Waals surface area contributed by atoms with Crippen molar-refractivity contribution in [3.63, 3.8) is 0 Å². The minimum Gasteiger partial charge on any atom is -0.507 e. The summed E-state index contributed by atoms with van der Waals surface area (Å²) in [6, 6.07) is 3.59. The van der Waals surface area contributed by atoms with Crippen LogP contribution in [0.25, 0.3) is 6.08 Å². The molecule has 0 bridgehead atoms. The third-order valence-corrected chi connectivity index (χ3v) is 7.71. The lowest BCUT2D eigenvalue weighted by molar-refractivity contribution is 0.0839. The first-order valence-corrected chi connectivity index (χ1v) is 13.0. The molecular formula is C30H34O5S. The number of benzene rings is 2. The van der Waals surface area contributed by atoms with Crippen LogP contribution in [0, 0.1) is 0 Å². The lowest BCUT2D eigenvalue weighted by atomic mass is 9.88. The molecule has 0 amide bonds. The molecule has 0 radical (unpaired) electrons. The van der Waals surface area contributed by atoms with Crippen molar-refractivity contribution in [1.29, 1.82) is 0 Å². The Bertz CT molecular complexity index is 1320. The van der Waals surface area contributed by atoms with Gasteiger partial charge in [-0.15, -0.1) is 11.8 Å². The molecule has 2 aliphatic rings. The van der Waals surface area contributed by atoms with Crippen molar-refractivity contribution in [2.45, 2.75) is 76.6 Å². The van der Waals surface area contributed by atoms with Gasteiger partial charge >= 0.3 is 0 Å². The van der Waals surface area contributed by atoms with Crippen LogP contribution in [0.2, 0.25) is 0 Å². The fourth-order valence-electron chi connectivity index (χ4n) is 4.51. The number of Topliss-reactive ketones (excluding diaryl/α,β-unsaturated/α-hetero) is 1. The number of phenolic OH excluding ortho intramolecular Hbond substituents is 3. The average molecular weight is 507 g/mol. The molecule has 2 aliphatic heterocycles. The van der Waals surface area contributed by atoms with E-state index < -0.39 is 6.10 Å². The second-order valence-electron chi connectivity index (χ2n) is 10.6. The van der Waals surface area contributed by atoms with Gasteiger partial charge in [-0.3, -0.25) is 4.79 Å². The molecule has 0 aromatic heterocycles. The number of ether oxygens (including phenoxy) is 1. The van der Waals surface area contributed by atoms with Gasteiger partial charge in [0.1, 0.15) is 34.7 Å². The summed E-state index contributed by atoms with van der Waals surface area (Å²) in [7, 11) is 0. The van der Waals surface area contributed by atoms with Crippen molar-refractivity contribution in [2.24, 2.45) is 0 Å². The maximum atomic E-state index is 13.4. The van der Waals surface area contributed by atoms with Gasteiger partial charge in [0.25, 0.3) is 0 Å².